The summed E-state index contributed by atoms with van der Waals surface area (Å²) in [6.45, 7) is 5.36. The molecule has 0 aromatic heterocycles. The van der Waals surface area contributed by atoms with Crippen LogP contribution in [0.4, 0.5) is 0 Å². The first-order valence-corrected chi connectivity index (χ1v) is 8.15. The Morgan fingerprint density at radius 3 is 2.48 bits per heavy atom. The lowest BCUT2D eigenvalue weighted by atomic mass is 9.78. The molecule has 1 aliphatic carbocycles. The third-order valence-corrected chi connectivity index (χ3v) is 5.48. The number of hydrogen-bond donors (Lipinski definition) is 0. The van der Waals surface area contributed by atoms with Gasteiger partial charge in [-0.3, -0.25) is 9.59 Å². The number of nitrogens with zero attached hydrogens (tertiary/aromatic N) is 2. The number of rotatable bonds is 4. The SMILES string of the molecule is COC1(CN2C(=O)C3CCCN3C(=O)C2C(C)C)CCC1. The first-order valence-electron chi connectivity index (χ1n) is 8.15. The van der Waals surface area contributed by atoms with Crippen LogP contribution in [0.3, 0.4) is 0 Å². The zero-order chi connectivity index (χ0) is 15.2. The van der Waals surface area contributed by atoms with Crippen molar-refractivity contribution in [3.63, 3.8) is 0 Å². The highest BCUT2D eigenvalue weighted by molar-refractivity contribution is 5.97. The van der Waals surface area contributed by atoms with Gasteiger partial charge in [0.25, 0.3) is 0 Å². The summed E-state index contributed by atoms with van der Waals surface area (Å²) in [4.78, 5) is 29.3. The fourth-order valence-electron chi connectivity index (χ4n) is 4.05. The van der Waals surface area contributed by atoms with E-state index in [1.54, 1.807) is 7.11 Å². The zero-order valence-electron chi connectivity index (χ0n) is 13.3. The van der Waals surface area contributed by atoms with Gasteiger partial charge >= 0.3 is 0 Å². The van der Waals surface area contributed by atoms with Crippen molar-refractivity contribution < 1.29 is 14.3 Å². The van der Waals surface area contributed by atoms with E-state index in [4.69, 9.17) is 4.74 Å². The number of carbonyl (C=O) groups excluding carboxylic acids is 2. The summed E-state index contributed by atoms with van der Waals surface area (Å²) >= 11 is 0. The first kappa shape index (κ1) is 14.8. The average Bonchev–Trinajstić information content (AvgIpc) is 2.88. The van der Waals surface area contributed by atoms with Crippen molar-refractivity contribution in [1.29, 1.82) is 0 Å². The number of methoxy groups -OCH3 is 1. The summed E-state index contributed by atoms with van der Waals surface area (Å²) in [5.41, 5.74) is -0.218. The maximum absolute atomic E-state index is 12.9. The smallest absolute Gasteiger partial charge is 0.246 e. The molecular formula is C16H26N2O3. The maximum Gasteiger partial charge on any atom is 0.246 e. The highest BCUT2D eigenvalue weighted by atomic mass is 16.5. The van der Waals surface area contributed by atoms with E-state index in [-0.39, 0.29) is 35.4 Å². The molecule has 3 aliphatic rings. The van der Waals surface area contributed by atoms with Gasteiger partial charge in [-0.05, 0) is 38.0 Å². The van der Waals surface area contributed by atoms with Gasteiger partial charge in [0.15, 0.2) is 0 Å². The standard InChI is InChI=1S/C16H26N2O3/c1-11(2)13-15(20)17-9-4-6-12(17)14(19)18(13)10-16(21-3)7-5-8-16/h11-13H,4-10H2,1-3H3. The van der Waals surface area contributed by atoms with Crippen LogP contribution in [0.25, 0.3) is 0 Å². The monoisotopic (exact) mass is 294 g/mol. The Kier molecular flexibility index (Phi) is 3.72. The summed E-state index contributed by atoms with van der Waals surface area (Å²) in [6, 6.07) is -0.541. The van der Waals surface area contributed by atoms with E-state index in [0.717, 1.165) is 38.6 Å². The van der Waals surface area contributed by atoms with Gasteiger partial charge < -0.3 is 14.5 Å². The molecule has 21 heavy (non-hydrogen) atoms. The quantitative estimate of drug-likeness (QED) is 0.788. The Bertz CT molecular complexity index is 439. The highest BCUT2D eigenvalue weighted by Crippen LogP contribution is 2.38. The summed E-state index contributed by atoms with van der Waals surface area (Å²) in [5.74, 6) is 0.406. The van der Waals surface area contributed by atoms with Gasteiger partial charge in [-0.15, -0.1) is 0 Å². The van der Waals surface area contributed by atoms with Crippen molar-refractivity contribution in [2.75, 3.05) is 20.2 Å². The van der Waals surface area contributed by atoms with Crippen molar-refractivity contribution in [1.82, 2.24) is 9.80 Å². The van der Waals surface area contributed by atoms with Crippen LogP contribution in [0.1, 0.15) is 46.0 Å². The van der Waals surface area contributed by atoms with Crippen LogP contribution in [0.5, 0.6) is 0 Å². The predicted molar refractivity (Wildman–Crippen MR) is 78.7 cm³/mol. The van der Waals surface area contributed by atoms with Crippen LogP contribution in [0, 0.1) is 5.92 Å². The van der Waals surface area contributed by atoms with Crippen LogP contribution >= 0.6 is 0 Å². The fraction of sp³-hybridized carbons (Fsp3) is 0.875. The minimum Gasteiger partial charge on any atom is -0.376 e. The molecule has 3 rings (SSSR count). The van der Waals surface area contributed by atoms with Gasteiger partial charge in [0.2, 0.25) is 11.8 Å². The molecule has 2 saturated heterocycles. The molecule has 2 amide bonds. The van der Waals surface area contributed by atoms with Crippen molar-refractivity contribution in [2.45, 2.75) is 63.6 Å². The van der Waals surface area contributed by atoms with Crippen molar-refractivity contribution >= 4 is 11.8 Å². The molecule has 3 fully saturated rings. The largest absolute Gasteiger partial charge is 0.376 e. The lowest BCUT2D eigenvalue weighted by Crippen LogP contribution is -2.67. The van der Waals surface area contributed by atoms with Gasteiger partial charge in [0, 0.05) is 13.7 Å². The summed E-state index contributed by atoms with van der Waals surface area (Å²) in [6.07, 6.45) is 4.87. The van der Waals surface area contributed by atoms with Gasteiger partial charge in [0.1, 0.15) is 12.1 Å². The van der Waals surface area contributed by atoms with E-state index < -0.39 is 0 Å². The van der Waals surface area contributed by atoms with Gasteiger partial charge in [0.05, 0.1) is 12.1 Å². The van der Waals surface area contributed by atoms with E-state index in [1.165, 1.54) is 0 Å². The minimum absolute atomic E-state index is 0.133. The highest BCUT2D eigenvalue weighted by Gasteiger charge is 2.51. The lowest BCUT2D eigenvalue weighted by Gasteiger charge is -2.50. The maximum atomic E-state index is 12.9. The molecule has 2 atom stereocenters. The molecule has 1 saturated carbocycles. The number of hydrogen-bond acceptors (Lipinski definition) is 3. The van der Waals surface area contributed by atoms with Crippen LogP contribution in [-0.4, -0.2) is 59.5 Å². The van der Waals surface area contributed by atoms with E-state index in [9.17, 15) is 9.59 Å². The number of ether oxygens (including phenoxy) is 1. The normalized spacial score (nSPS) is 31.6. The third-order valence-electron chi connectivity index (χ3n) is 5.48. The molecule has 2 heterocycles. The van der Waals surface area contributed by atoms with Gasteiger partial charge in [-0.1, -0.05) is 13.8 Å². The second kappa shape index (κ2) is 5.27. The van der Waals surface area contributed by atoms with Crippen molar-refractivity contribution in [3.05, 3.63) is 0 Å². The van der Waals surface area contributed by atoms with E-state index in [1.807, 2.05) is 23.6 Å². The minimum atomic E-state index is -0.320. The van der Waals surface area contributed by atoms with Gasteiger partial charge in [-0.2, -0.15) is 0 Å². The number of amides is 2. The molecular weight excluding hydrogens is 268 g/mol. The topological polar surface area (TPSA) is 49.9 Å². The van der Waals surface area contributed by atoms with Crippen LogP contribution < -0.4 is 0 Å². The molecule has 118 valence electrons. The molecule has 2 aliphatic heterocycles. The lowest BCUT2D eigenvalue weighted by molar-refractivity contribution is -0.170. The molecule has 0 spiro atoms. The Morgan fingerprint density at radius 2 is 1.95 bits per heavy atom. The first-order chi connectivity index (χ1) is 9.99. The van der Waals surface area contributed by atoms with E-state index >= 15 is 0 Å². The fourth-order valence-corrected chi connectivity index (χ4v) is 4.05. The molecule has 0 radical (unpaired) electrons. The second-order valence-electron chi connectivity index (χ2n) is 7.09. The second-order valence-corrected chi connectivity index (χ2v) is 7.09. The molecule has 0 aromatic carbocycles. The number of piperazine rings is 1. The molecule has 0 N–H and O–H groups in total. The average molecular weight is 294 g/mol. The van der Waals surface area contributed by atoms with E-state index in [2.05, 4.69) is 0 Å². The summed E-state index contributed by atoms with van der Waals surface area (Å²) in [5, 5.41) is 0. The number of fused-ring (bicyclic) bond motifs is 1. The third kappa shape index (κ3) is 2.26. The summed E-state index contributed by atoms with van der Waals surface area (Å²) in [7, 11) is 1.72. The molecule has 5 heteroatoms. The Morgan fingerprint density at radius 1 is 1.24 bits per heavy atom. The van der Waals surface area contributed by atoms with Crippen molar-refractivity contribution in [3.8, 4) is 0 Å². The summed E-state index contributed by atoms with van der Waals surface area (Å²) < 4.78 is 5.68. The molecule has 0 bridgehead atoms. The van der Waals surface area contributed by atoms with Gasteiger partial charge in [-0.25, -0.2) is 0 Å². The molecule has 5 nitrogen and oxygen atoms in total. The Labute approximate surface area is 126 Å². The zero-order valence-corrected chi connectivity index (χ0v) is 13.3. The van der Waals surface area contributed by atoms with Crippen molar-refractivity contribution in [2.24, 2.45) is 5.92 Å². The van der Waals surface area contributed by atoms with E-state index in [0.29, 0.717) is 6.54 Å². The van der Waals surface area contributed by atoms with Crippen LogP contribution in [0.15, 0.2) is 0 Å². The molecule has 0 aromatic rings. The molecule has 2 unspecified atom stereocenters. The van der Waals surface area contributed by atoms with Crippen LogP contribution in [-0.2, 0) is 14.3 Å². The number of carbonyl (C=O) groups is 2. The Balaban J connectivity index is 1.87. The Hall–Kier alpha value is -1.10. The predicted octanol–water partition coefficient (Wildman–Crippen LogP) is 1.41. The van der Waals surface area contributed by atoms with Crippen LogP contribution in [0.2, 0.25) is 0 Å².